The van der Waals surface area contributed by atoms with Gasteiger partial charge in [-0.25, -0.2) is 14.8 Å². The number of likely N-dealkylation sites (tertiary alicyclic amines) is 2. The van der Waals surface area contributed by atoms with Crippen LogP contribution in [-0.4, -0.2) is 79.0 Å². The largest absolute Gasteiger partial charge is 0.453 e. The third kappa shape index (κ3) is 7.00. The Balaban J connectivity index is 0.995. The van der Waals surface area contributed by atoms with Gasteiger partial charge in [0.05, 0.1) is 43.0 Å². The number of ether oxygens (including phenoxy) is 1. The van der Waals surface area contributed by atoms with Crippen molar-refractivity contribution < 1.29 is 24.2 Å². The summed E-state index contributed by atoms with van der Waals surface area (Å²) < 4.78 is 4.64. The third-order valence-electron chi connectivity index (χ3n) is 9.86. The first kappa shape index (κ1) is 33.7. The van der Waals surface area contributed by atoms with Crippen molar-refractivity contribution in [3.8, 4) is 33.6 Å². The number of aromatic amines is 2. The standard InChI is InChI=1S/C39H41N7O5/c1-24(42-39(50)51-2)37(48)45-20-6-10-32(45)35-40-22-30(43-35)27-16-12-25(13-17-27)26-14-18-28(19-15-26)31-23-41-36(44-31)33-11-7-21-46(33)38(49)34(47)29-8-4-3-5-9-29/h3-5,8-9,12-19,22-24,32-34,47H,6-7,10-11,20-21H2,1-2H3,(H,40,43)(H,41,44)(H,42,50)/t24-,32-,33-,34+/m0/s1. The van der Waals surface area contributed by atoms with E-state index >= 15 is 0 Å². The molecule has 0 radical (unpaired) electrons. The second kappa shape index (κ2) is 14.6. The number of hydrogen-bond donors (Lipinski definition) is 4. The Morgan fingerprint density at radius 2 is 1.22 bits per heavy atom. The monoisotopic (exact) mass is 687 g/mol. The zero-order valence-electron chi connectivity index (χ0n) is 28.6. The number of aliphatic hydroxyl groups is 1. The molecule has 4 atom stereocenters. The topological polar surface area (TPSA) is 157 Å². The van der Waals surface area contributed by atoms with Crippen LogP contribution in [0.4, 0.5) is 4.79 Å². The van der Waals surface area contributed by atoms with Crippen molar-refractivity contribution >= 4 is 17.9 Å². The Hall–Kier alpha value is -5.75. The van der Waals surface area contributed by atoms with E-state index in [1.165, 1.54) is 7.11 Å². The average Bonchev–Trinajstić information content (AvgIpc) is 4.01. The zero-order chi connectivity index (χ0) is 35.5. The Kier molecular flexibility index (Phi) is 9.67. The van der Waals surface area contributed by atoms with Crippen molar-refractivity contribution in [1.82, 2.24) is 35.1 Å². The lowest BCUT2D eigenvalue weighted by atomic mass is 10.0. The van der Waals surface area contributed by atoms with E-state index in [0.29, 0.717) is 18.7 Å². The predicted molar refractivity (Wildman–Crippen MR) is 191 cm³/mol. The molecular formula is C39H41N7O5. The molecule has 0 saturated carbocycles. The molecule has 0 bridgehead atoms. The van der Waals surface area contributed by atoms with Crippen molar-refractivity contribution in [2.24, 2.45) is 0 Å². The number of benzene rings is 3. The maximum Gasteiger partial charge on any atom is 0.407 e. The summed E-state index contributed by atoms with van der Waals surface area (Å²) in [6.07, 6.45) is 5.02. The number of carbonyl (C=O) groups is 3. The second-order valence-electron chi connectivity index (χ2n) is 13.1. The highest BCUT2D eigenvalue weighted by molar-refractivity contribution is 5.86. The van der Waals surface area contributed by atoms with Gasteiger partial charge in [-0.05, 0) is 60.4 Å². The first-order chi connectivity index (χ1) is 24.8. The van der Waals surface area contributed by atoms with E-state index in [4.69, 9.17) is 0 Å². The van der Waals surface area contributed by atoms with Gasteiger partial charge in [-0.2, -0.15) is 0 Å². The fraction of sp³-hybridized carbons (Fsp3) is 0.308. The zero-order valence-corrected chi connectivity index (χ0v) is 28.6. The minimum Gasteiger partial charge on any atom is -0.453 e. The van der Waals surface area contributed by atoms with E-state index in [0.717, 1.165) is 71.0 Å². The highest BCUT2D eigenvalue weighted by Crippen LogP contribution is 2.35. The highest BCUT2D eigenvalue weighted by atomic mass is 16.5. The van der Waals surface area contributed by atoms with Gasteiger partial charge < -0.3 is 34.9 Å². The van der Waals surface area contributed by atoms with Crippen LogP contribution in [0.15, 0.2) is 91.3 Å². The van der Waals surface area contributed by atoms with Gasteiger partial charge in [-0.15, -0.1) is 0 Å². The SMILES string of the molecule is COC(=O)N[C@@H](C)C(=O)N1CCC[C@H]1c1ncc(-c2ccc(-c3ccc(-c4cnc([C@@H]5CCCN5C(=O)[C@H](O)c5ccccc5)[nH]4)cc3)cc2)[nH]1. The van der Waals surface area contributed by atoms with Crippen LogP contribution in [0.3, 0.4) is 0 Å². The number of H-pyrrole nitrogens is 2. The summed E-state index contributed by atoms with van der Waals surface area (Å²) in [5.41, 5.74) is 6.39. The van der Waals surface area contributed by atoms with Gasteiger partial charge in [0, 0.05) is 13.1 Å². The number of nitrogens with one attached hydrogen (secondary N) is 3. The molecule has 262 valence electrons. The molecule has 2 saturated heterocycles. The highest BCUT2D eigenvalue weighted by Gasteiger charge is 2.36. The van der Waals surface area contributed by atoms with Crippen molar-refractivity contribution in [2.45, 2.75) is 56.8 Å². The van der Waals surface area contributed by atoms with Crippen LogP contribution in [0.2, 0.25) is 0 Å². The normalized spacial score (nSPS) is 18.4. The molecule has 0 unspecified atom stereocenters. The molecule has 2 aromatic heterocycles. The van der Waals surface area contributed by atoms with Gasteiger partial charge >= 0.3 is 6.09 Å². The lowest BCUT2D eigenvalue weighted by Gasteiger charge is -2.26. The second-order valence-corrected chi connectivity index (χ2v) is 13.1. The molecule has 2 aliphatic rings. The summed E-state index contributed by atoms with van der Waals surface area (Å²) in [5, 5.41) is 13.3. The lowest BCUT2D eigenvalue weighted by Crippen LogP contribution is -2.46. The van der Waals surface area contributed by atoms with Crippen LogP contribution >= 0.6 is 0 Å². The maximum absolute atomic E-state index is 13.2. The Labute approximate surface area is 295 Å². The van der Waals surface area contributed by atoms with Gasteiger partial charge in [-0.1, -0.05) is 78.9 Å². The third-order valence-corrected chi connectivity index (χ3v) is 9.86. The van der Waals surface area contributed by atoms with E-state index in [2.05, 4.69) is 66.4 Å². The van der Waals surface area contributed by atoms with Crippen molar-refractivity contribution in [2.75, 3.05) is 20.2 Å². The summed E-state index contributed by atoms with van der Waals surface area (Å²) in [7, 11) is 1.27. The van der Waals surface area contributed by atoms with Crippen LogP contribution in [0.1, 0.15) is 68.0 Å². The van der Waals surface area contributed by atoms with E-state index < -0.39 is 18.2 Å². The number of amides is 3. The van der Waals surface area contributed by atoms with Gasteiger partial charge in [0.15, 0.2) is 6.10 Å². The smallest absolute Gasteiger partial charge is 0.407 e. The Morgan fingerprint density at radius 1 is 0.745 bits per heavy atom. The Bertz CT molecular complexity index is 1990. The van der Waals surface area contributed by atoms with Gasteiger partial charge in [-0.3, -0.25) is 9.59 Å². The number of rotatable bonds is 9. The summed E-state index contributed by atoms with van der Waals surface area (Å²) >= 11 is 0. The molecule has 0 aliphatic carbocycles. The molecule has 5 aromatic rings. The molecule has 12 heteroatoms. The summed E-state index contributed by atoms with van der Waals surface area (Å²) in [4.78, 5) is 57.5. The fourth-order valence-electron chi connectivity index (χ4n) is 7.10. The molecular weight excluding hydrogens is 646 g/mol. The van der Waals surface area contributed by atoms with Crippen molar-refractivity contribution in [3.63, 3.8) is 0 Å². The van der Waals surface area contributed by atoms with E-state index in [-0.39, 0.29) is 23.9 Å². The molecule has 4 N–H and O–H groups in total. The minimum absolute atomic E-state index is 0.170. The van der Waals surface area contributed by atoms with Crippen molar-refractivity contribution in [3.05, 3.63) is 108 Å². The lowest BCUT2D eigenvalue weighted by molar-refractivity contribution is -0.141. The number of methoxy groups -OCH3 is 1. The van der Waals surface area contributed by atoms with Gasteiger partial charge in [0.1, 0.15) is 17.7 Å². The number of hydrogen-bond acceptors (Lipinski definition) is 7. The summed E-state index contributed by atoms with van der Waals surface area (Å²) in [5.74, 6) is 0.963. The first-order valence-corrected chi connectivity index (χ1v) is 17.3. The van der Waals surface area contributed by atoms with E-state index in [9.17, 15) is 19.5 Å². The number of aromatic nitrogens is 4. The summed E-state index contributed by atoms with van der Waals surface area (Å²) in [6.45, 7) is 2.83. The number of imidazole rings is 2. The van der Waals surface area contributed by atoms with Crippen LogP contribution in [-0.2, 0) is 14.3 Å². The number of nitrogens with zero attached hydrogens (tertiary/aromatic N) is 4. The van der Waals surface area contributed by atoms with Crippen LogP contribution in [0.25, 0.3) is 33.6 Å². The molecule has 3 aromatic carbocycles. The molecule has 2 aliphatic heterocycles. The van der Waals surface area contributed by atoms with Gasteiger partial charge in [0.2, 0.25) is 5.91 Å². The van der Waals surface area contributed by atoms with Gasteiger partial charge in [0.25, 0.3) is 5.91 Å². The molecule has 4 heterocycles. The molecule has 51 heavy (non-hydrogen) atoms. The number of alkyl carbamates (subject to hydrolysis) is 1. The van der Waals surface area contributed by atoms with Crippen molar-refractivity contribution in [1.29, 1.82) is 0 Å². The quantitative estimate of drug-likeness (QED) is 0.149. The van der Waals surface area contributed by atoms with Crippen LogP contribution in [0, 0.1) is 0 Å². The predicted octanol–water partition coefficient (Wildman–Crippen LogP) is 5.94. The average molecular weight is 688 g/mol. The van der Waals surface area contributed by atoms with E-state index in [1.807, 2.05) is 30.3 Å². The Morgan fingerprint density at radius 3 is 1.71 bits per heavy atom. The van der Waals surface area contributed by atoms with Crippen LogP contribution in [0.5, 0.6) is 0 Å². The van der Waals surface area contributed by atoms with Crippen LogP contribution < -0.4 is 5.32 Å². The van der Waals surface area contributed by atoms with E-state index in [1.54, 1.807) is 41.2 Å². The number of aliphatic hydroxyl groups excluding tert-OH is 1. The molecule has 2 fully saturated rings. The summed E-state index contributed by atoms with van der Waals surface area (Å²) in [6, 6.07) is 24.4. The number of carbonyl (C=O) groups excluding carboxylic acids is 3. The first-order valence-electron chi connectivity index (χ1n) is 17.3. The molecule has 3 amide bonds. The molecule has 7 rings (SSSR count). The minimum atomic E-state index is -1.20. The molecule has 12 nitrogen and oxygen atoms in total. The fourth-order valence-corrected chi connectivity index (χ4v) is 7.10. The molecule has 0 spiro atoms. The maximum atomic E-state index is 13.2.